The van der Waals surface area contributed by atoms with Crippen LogP contribution >= 0.6 is 0 Å². The molecular weight excluding hydrogens is 196 g/mol. The maximum Gasteiger partial charge on any atom is 0.490 e. The summed E-state index contributed by atoms with van der Waals surface area (Å²) >= 11 is 0. The lowest BCUT2D eigenvalue weighted by Crippen LogP contribution is -2.00. The number of nitro groups is 1. The number of hydrogen-bond donors (Lipinski definition) is 0. The molecule has 15 heavy (non-hydrogen) atoms. The number of nitrogens with zero attached hydrogens (tertiary/aromatic N) is 4. The van der Waals surface area contributed by atoms with Gasteiger partial charge >= 0.3 is 5.95 Å². The lowest BCUT2D eigenvalue weighted by atomic mass is 10.2. The zero-order chi connectivity index (χ0) is 10.7. The van der Waals surface area contributed by atoms with E-state index < -0.39 is 4.92 Å². The monoisotopic (exact) mass is 204 g/mol. The number of benzene rings is 1. The second kappa shape index (κ2) is 3.87. The normalized spacial score (nSPS) is 10.1. The van der Waals surface area contributed by atoms with Crippen LogP contribution in [0.15, 0.2) is 36.7 Å². The predicted molar refractivity (Wildman–Crippen MR) is 52.2 cm³/mol. The molecule has 0 aliphatic carbocycles. The zero-order valence-electron chi connectivity index (χ0n) is 7.78. The smallest absolute Gasteiger partial charge is 0.390 e. The topological polar surface area (TPSA) is 73.8 Å². The maximum atomic E-state index is 10.3. The second-order valence-corrected chi connectivity index (χ2v) is 2.98. The summed E-state index contributed by atoms with van der Waals surface area (Å²) in [4.78, 5) is 13.3. The van der Waals surface area contributed by atoms with Gasteiger partial charge in [0.25, 0.3) is 0 Å². The van der Waals surface area contributed by atoms with Gasteiger partial charge in [-0.05, 0) is 10.5 Å². The van der Waals surface area contributed by atoms with Crippen LogP contribution in [-0.2, 0) is 6.54 Å². The molecule has 0 atom stereocenters. The summed E-state index contributed by atoms with van der Waals surface area (Å²) in [5, 5.41) is 14.0. The molecular formula is C9H8N4O2. The molecule has 0 saturated heterocycles. The van der Waals surface area contributed by atoms with Crippen LogP contribution in [0.3, 0.4) is 0 Å². The van der Waals surface area contributed by atoms with E-state index >= 15 is 0 Å². The molecule has 0 saturated carbocycles. The van der Waals surface area contributed by atoms with Crippen molar-refractivity contribution in [2.45, 2.75) is 6.54 Å². The molecule has 2 rings (SSSR count). The largest absolute Gasteiger partial charge is 0.490 e. The summed E-state index contributed by atoms with van der Waals surface area (Å²) < 4.78 is 1.44. The molecule has 0 spiro atoms. The second-order valence-electron chi connectivity index (χ2n) is 2.98. The third-order valence-corrected chi connectivity index (χ3v) is 1.88. The third kappa shape index (κ3) is 2.16. The molecule has 0 N–H and O–H groups in total. The van der Waals surface area contributed by atoms with Crippen molar-refractivity contribution in [3.05, 3.63) is 52.3 Å². The van der Waals surface area contributed by atoms with Gasteiger partial charge in [0.15, 0.2) is 0 Å². The van der Waals surface area contributed by atoms with Crippen molar-refractivity contribution in [2.24, 2.45) is 0 Å². The molecule has 76 valence electrons. The molecule has 6 nitrogen and oxygen atoms in total. The summed E-state index contributed by atoms with van der Waals surface area (Å²) in [6.45, 7) is 0.488. The van der Waals surface area contributed by atoms with Gasteiger partial charge in [0.1, 0.15) is 0 Å². The van der Waals surface area contributed by atoms with Gasteiger partial charge in [-0.2, -0.15) is 4.68 Å². The summed E-state index contributed by atoms with van der Waals surface area (Å²) in [5.41, 5.74) is 1.03. The zero-order valence-corrected chi connectivity index (χ0v) is 7.78. The lowest BCUT2D eigenvalue weighted by Gasteiger charge is -1.95. The van der Waals surface area contributed by atoms with Crippen molar-refractivity contribution in [1.82, 2.24) is 14.8 Å². The highest BCUT2D eigenvalue weighted by atomic mass is 16.6. The highest BCUT2D eigenvalue weighted by molar-refractivity contribution is 5.14. The first-order valence-electron chi connectivity index (χ1n) is 4.33. The van der Waals surface area contributed by atoms with Crippen LogP contribution < -0.4 is 0 Å². The number of rotatable bonds is 3. The van der Waals surface area contributed by atoms with Crippen molar-refractivity contribution < 1.29 is 4.92 Å². The first kappa shape index (κ1) is 9.32. The van der Waals surface area contributed by atoms with E-state index in [1.165, 1.54) is 11.0 Å². The Morgan fingerprint density at radius 3 is 2.67 bits per heavy atom. The quantitative estimate of drug-likeness (QED) is 0.556. The molecule has 1 heterocycles. The minimum Gasteiger partial charge on any atom is -0.390 e. The molecule has 0 radical (unpaired) electrons. The van der Waals surface area contributed by atoms with Crippen molar-refractivity contribution in [2.75, 3.05) is 0 Å². The minimum absolute atomic E-state index is 0.370. The molecule has 0 amide bonds. The summed E-state index contributed by atoms with van der Waals surface area (Å²) in [7, 11) is 0. The first-order chi connectivity index (χ1) is 7.25. The molecule has 0 aliphatic heterocycles. The average molecular weight is 204 g/mol. The van der Waals surface area contributed by atoms with Crippen LogP contribution in [0.5, 0.6) is 0 Å². The van der Waals surface area contributed by atoms with Crippen LogP contribution in [0.2, 0.25) is 0 Å². The Morgan fingerprint density at radius 2 is 2.07 bits per heavy atom. The molecule has 0 fully saturated rings. The number of aromatic nitrogens is 3. The Balaban J connectivity index is 2.15. The molecule has 6 heteroatoms. The van der Waals surface area contributed by atoms with Crippen molar-refractivity contribution in [1.29, 1.82) is 0 Å². The van der Waals surface area contributed by atoms with Crippen molar-refractivity contribution in [3.8, 4) is 0 Å². The lowest BCUT2D eigenvalue weighted by molar-refractivity contribution is -0.394. The number of hydrogen-bond acceptors (Lipinski definition) is 4. The van der Waals surface area contributed by atoms with E-state index in [4.69, 9.17) is 0 Å². The highest BCUT2D eigenvalue weighted by Gasteiger charge is 2.12. The van der Waals surface area contributed by atoms with E-state index in [2.05, 4.69) is 10.1 Å². The Bertz CT molecular complexity index is 466. The molecule has 0 bridgehead atoms. The SMILES string of the molecule is O=[N+]([O-])c1ncn(Cc2ccccc2)n1. The molecule has 1 aromatic heterocycles. The van der Waals surface area contributed by atoms with Gasteiger partial charge in [0.05, 0.1) is 6.54 Å². The van der Waals surface area contributed by atoms with Gasteiger partial charge in [0, 0.05) is 5.10 Å². The van der Waals surface area contributed by atoms with Crippen LogP contribution in [0.25, 0.3) is 0 Å². The van der Waals surface area contributed by atoms with Crippen LogP contribution in [0, 0.1) is 10.1 Å². The average Bonchev–Trinajstić information content (AvgIpc) is 2.68. The van der Waals surface area contributed by atoms with E-state index in [0.29, 0.717) is 6.54 Å². The highest BCUT2D eigenvalue weighted by Crippen LogP contribution is 2.04. The minimum atomic E-state index is -0.610. The van der Waals surface area contributed by atoms with E-state index in [9.17, 15) is 10.1 Å². The standard InChI is InChI=1S/C9H8N4O2/c14-13(15)9-10-7-12(11-9)6-8-4-2-1-3-5-8/h1-5,7H,6H2. The fourth-order valence-electron chi connectivity index (χ4n) is 1.22. The Kier molecular flexibility index (Phi) is 2.40. The van der Waals surface area contributed by atoms with Crippen molar-refractivity contribution >= 4 is 5.95 Å². The molecule has 0 aliphatic rings. The van der Waals surface area contributed by atoms with Gasteiger partial charge in [0.2, 0.25) is 6.33 Å². The van der Waals surface area contributed by atoms with Gasteiger partial charge in [-0.1, -0.05) is 35.3 Å². The van der Waals surface area contributed by atoms with Crippen LogP contribution in [-0.4, -0.2) is 19.7 Å². The van der Waals surface area contributed by atoms with Crippen LogP contribution in [0.1, 0.15) is 5.56 Å². The maximum absolute atomic E-state index is 10.3. The fraction of sp³-hybridized carbons (Fsp3) is 0.111. The Morgan fingerprint density at radius 1 is 1.33 bits per heavy atom. The Hall–Kier alpha value is -2.24. The summed E-state index contributed by atoms with van der Waals surface area (Å²) in [6.07, 6.45) is 1.35. The van der Waals surface area contributed by atoms with E-state index in [1.807, 2.05) is 30.3 Å². The fourth-order valence-corrected chi connectivity index (χ4v) is 1.22. The van der Waals surface area contributed by atoms with Gasteiger partial charge < -0.3 is 10.1 Å². The summed E-state index contributed by atoms with van der Waals surface area (Å²) in [6, 6.07) is 9.57. The molecule has 0 unspecified atom stereocenters. The van der Waals surface area contributed by atoms with E-state index in [0.717, 1.165) is 5.56 Å². The van der Waals surface area contributed by atoms with E-state index in [-0.39, 0.29) is 5.95 Å². The molecule has 1 aromatic carbocycles. The van der Waals surface area contributed by atoms with Gasteiger partial charge in [-0.3, -0.25) is 0 Å². The first-order valence-corrected chi connectivity index (χ1v) is 4.33. The summed E-state index contributed by atoms with van der Waals surface area (Å²) in [5.74, 6) is -0.370. The third-order valence-electron chi connectivity index (χ3n) is 1.88. The van der Waals surface area contributed by atoms with Gasteiger partial charge in [-0.25, -0.2) is 0 Å². The van der Waals surface area contributed by atoms with Crippen molar-refractivity contribution in [3.63, 3.8) is 0 Å². The molecule has 2 aromatic rings. The predicted octanol–water partition coefficient (Wildman–Crippen LogP) is 1.23. The Labute approximate surface area is 85.3 Å². The van der Waals surface area contributed by atoms with E-state index in [1.54, 1.807) is 0 Å². The van der Waals surface area contributed by atoms with Gasteiger partial charge in [-0.15, -0.1) is 0 Å². The van der Waals surface area contributed by atoms with Crippen LogP contribution in [0.4, 0.5) is 5.95 Å².